The Balaban J connectivity index is 2.01. The third-order valence-electron chi connectivity index (χ3n) is 5.26. The van der Waals surface area contributed by atoms with E-state index in [4.69, 9.17) is 14.0 Å². The molecular weight excluding hydrogens is 370 g/mol. The monoisotopic (exact) mass is 407 g/mol. The van der Waals surface area contributed by atoms with E-state index < -0.39 is 5.60 Å². The predicted octanol–water partition coefficient (Wildman–Crippen LogP) is 5.37. The molecule has 1 saturated carbocycles. The Morgan fingerprint density at radius 1 is 1.17 bits per heavy atom. The van der Waals surface area contributed by atoms with Crippen molar-refractivity contribution in [2.75, 3.05) is 7.11 Å². The SMILES string of the molecule is COC(=O)CC[C@@H](CC(=O)OC(C)(C)C)c1cc([C@H]2C[C@@H](CC(C)(C)C)C2)no1. The summed E-state index contributed by atoms with van der Waals surface area (Å²) in [4.78, 5) is 23.9. The molecule has 0 amide bonds. The number of carbonyl (C=O) groups excluding carboxylic acids is 2. The van der Waals surface area contributed by atoms with Crippen LogP contribution in [0.5, 0.6) is 0 Å². The van der Waals surface area contributed by atoms with E-state index in [9.17, 15) is 9.59 Å². The second-order valence-electron chi connectivity index (χ2n) is 10.6. The topological polar surface area (TPSA) is 78.6 Å². The number of aromatic nitrogens is 1. The summed E-state index contributed by atoms with van der Waals surface area (Å²) < 4.78 is 15.8. The van der Waals surface area contributed by atoms with Crippen LogP contribution < -0.4 is 0 Å². The standard InChI is InChI=1S/C23H37NO5/c1-22(2,3)14-15-10-17(11-15)18-13-19(29-24-18)16(8-9-20(25)27-7)12-21(26)28-23(4,5)6/h13,15-17H,8-12,14H2,1-7H3/t15-,16-,17+/m0/s1. The van der Waals surface area contributed by atoms with Gasteiger partial charge in [0.2, 0.25) is 0 Å². The summed E-state index contributed by atoms with van der Waals surface area (Å²) in [7, 11) is 1.36. The Morgan fingerprint density at radius 3 is 2.38 bits per heavy atom. The van der Waals surface area contributed by atoms with Crippen molar-refractivity contribution in [1.82, 2.24) is 5.16 Å². The number of carbonyl (C=O) groups is 2. The molecule has 1 fully saturated rings. The lowest BCUT2D eigenvalue weighted by atomic mass is 9.67. The maximum atomic E-state index is 12.3. The van der Waals surface area contributed by atoms with Crippen LogP contribution in [0, 0.1) is 11.3 Å². The highest BCUT2D eigenvalue weighted by Crippen LogP contribution is 2.46. The van der Waals surface area contributed by atoms with Gasteiger partial charge in [-0.3, -0.25) is 9.59 Å². The zero-order chi connectivity index (χ0) is 21.8. The first-order chi connectivity index (χ1) is 13.4. The fraction of sp³-hybridized carbons (Fsp3) is 0.783. The van der Waals surface area contributed by atoms with Crippen molar-refractivity contribution in [3.05, 3.63) is 17.5 Å². The van der Waals surface area contributed by atoms with Gasteiger partial charge in [0.1, 0.15) is 11.4 Å². The summed E-state index contributed by atoms with van der Waals surface area (Å²) in [6, 6.07) is 1.96. The third-order valence-corrected chi connectivity index (χ3v) is 5.26. The van der Waals surface area contributed by atoms with E-state index in [0.717, 1.165) is 24.5 Å². The molecule has 1 aromatic rings. The number of hydrogen-bond donors (Lipinski definition) is 0. The molecule has 1 aliphatic carbocycles. The number of methoxy groups -OCH3 is 1. The first-order valence-electron chi connectivity index (χ1n) is 10.6. The van der Waals surface area contributed by atoms with Gasteiger partial charge in [-0.2, -0.15) is 0 Å². The lowest BCUT2D eigenvalue weighted by molar-refractivity contribution is -0.155. The van der Waals surface area contributed by atoms with Gasteiger partial charge in [-0.25, -0.2) is 0 Å². The molecule has 2 rings (SSSR count). The van der Waals surface area contributed by atoms with E-state index in [2.05, 4.69) is 25.9 Å². The normalized spacial score (nSPS) is 20.7. The van der Waals surface area contributed by atoms with Crippen LogP contribution in [-0.2, 0) is 19.1 Å². The summed E-state index contributed by atoms with van der Waals surface area (Å²) in [5, 5.41) is 4.28. The second-order valence-corrected chi connectivity index (χ2v) is 10.6. The van der Waals surface area contributed by atoms with Crippen LogP contribution in [0.2, 0.25) is 0 Å². The van der Waals surface area contributed by atoms with E-state index in [0.29, 0.717) is 23.5 Å². The zero-order valence-corrected chi connectivity index (χ0v) is 19.0. The molecule has 0 spiro atoms. The molecule has 29 heavy (non-hydrogen) atoms. The fourth-order valence-electron chi connectivity index (χ4n) is 4.02. The summed E-state index contributed by atoms with van der Waals surface area (Å²) in [5.41, 5.74) is 0.749. The van der Waals surface area contributed by atoms with Crippen molar-refractivity contribution < 1.29 is 23.6 Å². The molecule has 6 nitrogen and oxygen atoms in total. The van der Waals surface area contributed by atoms with Crippen LogP contribution in [0.3, 0.4) is 0 Å². The summed E-state index contributed by atoms with van der Waals surface area (Å²) in [6.45, 7) is 12.3. The average molecular weight is 408 g/mol. The van der Waals surface area contributed by atoms with E-state index in [1.54, 1.807) is 0 Å². The van der Waals surface area contributed by atoms with Crippen LogP contribution in [0.4, 0.5) is 0 Å². The third kappa shape index (κ3) is 7.82. The Morgan fingerprint density at radius 2 is 1.83 bits per heavy atom. The van der Waals surface area contributed by atoms with Crippen molar-refractivity contribution in [2.24, 2.45) is 11.3 Å². The Bertz CT molecular complexity index is 689. The van der Waals surface area contributed by atoms with Gasteiger partial charge in [0.05, 0.1) is 19.2 Å². The van der Waals surface area contributed by atoms with Crippen molar-refractivity contribution in [3.8, 4) is 0 Å². The van der Waals surface area contributed by atoms with Crippen molar-refractivity contribution in [1.29, 1.82) is 0 Å². The quantitative estimate of drug-likeness (QED) is 0.539. The molecule has 0 aromatic carbocycles. The predicted molar refractivity (Wildman–Crippen MR) is 110 cm³/mol. The second kappa shape index (κ2) is 9.31. The maximum absolute atomic E-state index is 12.3. The zero-order valence-electron chi connectivity index (χ0n) is 19.0. The van der Waals surface area contributed by atoms with E-state index in [1.165, 1.54) is 13.5 Å². The number of nitrogens with zero attached hydrogens (tertiary/aromatic N) is 1. The van der Waals surface area contributed by atoms with Crippen LogP contribution >= 0.6 is 0 Å². The maximum Gasteiger partial charge on any atom is 0.307 e. The van der Waals surface area contributed by atoms with Gasteiger partial charge >= 0.3 is 11.9 Å². The molecule has 0 bridgehead atoms. The molecule has 1 aromatic heterocycles. The van der Waals surface area contributed by atoms with E-state index in [1.807, 2.05) is 26.8 Å². The number of rotatable bonds is 8. The van der Waals surface area contributed by atoms with Gasteiger partial charge in [-0.1, -0.05) is 25.9 Å². The molecule has 1 atom stereocenters. The van der Waals surface area contributed by atoms with Crippen molar-refractivity contribution in [2.45, 2.75) is 97.5 Å². The lowest BCUT2D eigenvalue weighted by Gasteiger charge is -2.37. The van der Waals surface area contributed by atoms with Crippen LogP contribution in [0.25, 0.3) is 0 Å². The minimum absolute atomic E-state index is 0.153. The highest BCUT2D eigenvalue weighted by atomic mass is 16.6. The summed E-state index contributed by atoms with van der Waals surface area (Å²) >= 11 is 0. The van der Waals surface area contributed by atoms with Crippen LogP contribution in [-0.4, -0.2) is 29.8 Å². The van der Waals surface area contributed by atoms with Gasteiger partial charge in [0, 0.05) is 24.3 Å². The van der Waals surface area contributed by atoms with E-state index in [-0.39, 0.29) is 30.7 Å². The average Bonchev–Trinajstić information content (AvgIpc) is 3.00. The first kappa shape index (κ1) is 23.4. The molecule has 164 valence electrons. The van der Waals surface area contributed by atoms with E-state index >= 15 is 0 Å². The Kier molecular flexibility index (Phi) is 7.52. The number of ether oxygens (including phenoxy) is 2. The van der Waals surface area contributed by atoms with Crippen molar-refractivity contribution >= 4 is 11.9 Å². The molecule has 0 saturated heterocycles. The lowest BCUT2D eigenvalue weighted by Crippen LogP contribution is -2.26. The highest BCUT2D eigenvalue weighted by molar-refractivity contribution is 5.72. The van der Waals surface area contributed by atoms with Gasteiger partial charge in [-0.15, -0.1) is 0 Å². The van der Waals surface area contributed by atoms with Gasteiger partial charge < -0.3 is 14.0 Å². The first-order valence-corrected chi connectivity index (χ1v) is 10.6. The Hall–Kier alpha value is -1.85. The molecule has 0 unspecified atom stereocenters. The highest BCUT2D eigenvalue weighted by Gasteiger charge is 2.35. The summed E-state index contributed by atoms with van der Waals surface area (Å²) in [6.07, 6.45) is 4.30. The molecule has 6 heteroatoms. The molecule has 1 aliphatic rings. The van der Waals surface area contributed by atoms with Crippen LogP contribution in [0.15, 0.2) is 10.6 Å². The largest absolute Gasteiger partial charge is 0.469 e. The van der Waals surface area contributed by atoms with Gasteiger partial charge in [0.25, 0.3) is 0 Å². The minimum Gasteiger partial charge on any atom is -0.469 e. The molecule has 0 aliphatic heterocycles. The Labute approximate surface area is 174 Å². The summed E-state index contributed by atoms with van der Waals surface area (Å²) in [5.74, 6) is 0.937. The molecule has 0 N–H and O–H groups in total. The van der Waals surface area contributed by atoms with Gasteiger partial charge in [0.15, 0.2) is 0 Å². The smallest absolute Gasteiger partial charge is 0.307 e. The number of hydrogen-bond acceptors (Lipinski definition) is 6. The van der Waals surface area contributed by atoms with Crippen LogP contribution in [0.1, 0.15) is 103 Å². The molecular formula is C23H37NO5. The number of esters is 2. The van der Waals surface area contributed by atoms with Crippen molar-refractivity contribution in [3.63, 3.8) is 0 Å². The molecule has 0 radical (unpaired) electrons. The minimum atomic E-state index is -0.551. The van der Waals surface area contributed by atoms with Gasteiger partial charge in [-0.05, 0) is 57.8 Å². The molecule has 1 heterocycles. The fourth-order valence-corrected chi connectivity index (χ4v) is 4.02.